The fraction of sp³-hybridized carbons (Fsp3) is 0.846. The van der Waals surface area contributed by atoms with E-state index in [0.29, 0.717) is 0 Å². The molecule has 0 aliphatic heterocycles. The summed E-state index contributed by atoms with van der Waals surface area (Å²) in [5.74, 6) is 0.177. The molecule has 0 aromatic carbocycles. The van der Waals surface area contributed by atoms with E-state index >= 15 is 0 Å². The van der Waals surface area contributed by atoms with E-state index in [0.717, 1.165) is 12.1 Å². The quantitative estimate of drug-likeness (QED) is 0.618. The molecule has 1 fully saturated rings. The molecule has 0 spiro atoms. The lowest BCUT2D eigenvalue weighted by Crippen LogP contribution is -2.60. The molecular formula is C13H24N2O3S. The van der Waals surface area contributed by atoms with Crippen LogP contribution in [0.25, 0.3) is 0 Å². The van der Waals surface area contributed by atoms with Gasteiger partial charge in [0.15, 0.2) is 0 Å². The highest BCUT2D eigenvalue weighted by Gasteiger charge is 2.50. The summed E-state index contributed by atoms with van der Waals surface area (Å²) in [7, 11) is 0. The lowest BCUT2D eigenvalue weighted by atomic mass is 9.57. The molecule has 19 heavy (non-hydrogen) atoms. The lowest BCUT2D eigenvalue weighted by molar-refractivity contribution is 0.0597. The fourth-order valence-electron chi connectivity index (χ4n) is 2.36. The first kappa shape index (κ1) is 16.3. The van der Waals surface area contributed by atoms with E-state index in [1.54, 1.807) is 0 Å². The Balaban J connectivity index is 2.74. The van der Waals surface area contributed by atoms with E-state index < -0.39 is 17.5 Å². The van der Waals surface area contributed by atoms with E-state index in [1.807, 2.05) is 41.5 Å². The van der Waals surface area contributed by atoms with E-state index in [-0.39, 0.29) is 22.1 Å². The molecule has 0 bridgehead atoms. The number of rotatable bonds is 3. The molecule has 0 aromatic heterocycles. The minimum atomic E-state index is -1.26. The molecule has 0 radical (unpaired) electrons. The number of nitrogens with zero attached hydrogens (tertiary/aromatic N) is 1. The molecule has 1 saturated carbocycles. The highest BCUT2D eigenvalue weighted by atomic mass is 32.2. The van der Waals surface area contributed by atoms with Gasteiger partial charge in [0.2, 0.25) is 0 Å². The molecule has 1 aliphatic carbocycles. The van der Waals surface area contributed by atoms with Gasteiger partial charge in [-0.15, -0.1) is 0 Å². The number of amides is 1. The highest BCUT2D eigenvalue weighted by molar-refractivity contribution is 7.91. The summed E-state index contributed by atoms with van der Waals surface area (Å²) in [5, 5.41) is 11.3. The van der Waals surface area contributed by atoms with Crippen LogP contribution in [-0.4, -0.2) is 32.3 Å². The Morgan fingerprint density at radius 1 is 1.47 bits per heavy atom. The van der Waals surface area contributed by atoms with Gasteiger partial charge in [0.25, 0.3) is 0 Å². The zero-order valence-corrected chi connectivity index (χ0v) is 13.3. The van der Waals surface area contributed by atoms with Gasteiger partial charge in [-0.05, 0) is 39.5 Å². The maximum Gasteiger partial charge on any atom is 0.404 e. The van der Waals surface area contributed by atoms with Crippen LogP contribution in [0.2, 0.25) is 0 Å². The highest BCUT2D eigenvalue weighted by Crippen LogP contribution is 2.47. The summed E-state index contributed by atoms with van der Waals surface area (Å²) < 4.78 is 15.9. The van der Waals surface area contributed by atoms with Gasteiger partial charge >= 0.3 is 6.09 Å². The number of hydrogen-bond acceptors (Lipinski definition) is 3. The minimum absolute atomic E-state index is 0.0665. The van der Waals surface area contributed by atoms with Gasteiger partial charge in [0.1, 0.15) is 16.1 Å². The fourth-order valence-corrected chi connectivity index (χ4v) is 3.02. The van der Waals surface area contributed by atoms with Gasteiger partial charge in [0.05, 0.1) is 5.71 Å². The van der Waals surface area contributed by atoms with Gasteiger partial charge in [-0.25, -0.2) is 4.79 Å². The second-order valence-corrected chi connectivity index (χ2v) is 8.61. The number of nitrogens with one attached hydrogen (secondary N) is 1. The molecule has 1 rings (SSSR count). The van der Waals surface area contributed by atoms with Crippen molar-refractivity contribution in [3.63, 3.8) is 0 Å². The van der Waals surface area contributed by atoms with Gasteiger partial charge in [-0.2, -0.15) is 0 Å². The molecule has 6 heteroatoms. The van der Waals surface area contributed by atoms with Crippen LogP contribution < -0.4 is 5.32 Å². The van der Waals surface area contributed by atoms with Crippen molar-refractivity contribution in [3.05, 3.63) is 0 Å². The lowest BCUT2D eigenvalue weighted by Gasteiger charge is -2.51. The normalized spacial score (nSPS) is 28.5. The van der Waals surface area contributed by atoms with Crippen LogP contribution in [0, 0.1) is 11.3 Å². The van der Waals surface area contributed by atoms with Crippen molar-refractivity contribution < 1.29 is 14.5 Å². The summed E-state index contributed by atoms with van der Waals surface area (Å²) in [6.07, 6.45) is -0.278. The van der Waals surface area contributed by atoms with E-state index in [4.69, 9.17) is 5.11 Å². The summed E-state index contributed by atoms with van der Waals surface area (Å²) >= 11 is -1.26. The van der Waals surface area contributed by atoms with Crippen molar-refractivity contribution in [2.24, 2.45) is 15.7 Å². The molecule has 3 atom stereocenters. The largest absolute Gasteiger partial charge is 0.591 e. The first-order chi connectivity index (χ1) is 8.46. The van der Waals surface area contributed by atoms with Crippen molar-refractivity contribution in [1.29, 1.82) is 0 Å². The average Bonchev–Trinajstić information content (AvgIpc) is 2.21. The molecule has 1 aliphatic rings. The van der Waals surface area contributed by atoms with Gasteiger partial charge < -0.3 is 15.0 Å². The smallest absolute Gasteiger partial charge is 0.404 e. The van der Waals surface area contributed by atoms with Crippen molar-refractivity contribution in [2.75, 3.05) is 0 Å². The second kappa shape index (κ2) is 5.32. The Morgan fingerprint density at radius 2 is 2.00 bits per heavy atom. The van der Waals surface area contributed by atoms with Crippen molar-refractivity contribution in [3.8, 4) is 0 Å². The van der Waals surface area contributed by atoms with Crippen LogP contribution in [0.15, 0.2) is 4.40 Å². The molecule has 0 heterocycles. The van der Waals surface area contributed by atoms with E-state index in [2.05, 4.69) is 9.71 Å². The van der Waals surface area contributed by atoms with Crippen LogP contribution >= 0.6 is 0 Å². The maximum atomic E-state index is 12.0. The van der Waals surface area contributed by atoms with Crippen LogP contribution in [0.4, 0.5) is 4.79 Å². The maximum absolute atomic E-state index is 12.0. The summed E-state index contributed by atoms with van der Waals surface area (Å²) in [4.78, 5) is 10.7. The Bertz CT molecular complexity index is 388. The van der Waals surface area contributed by atoms with E-state index in [9.17, 15) is 9.35 Å². The Morgan fingerprint density at radius 3 is 2.37 bits per heavy atom. The SMILES string of the molecule is C/C(=N\[S+]([O-])C(C)(C)C)[C@H]1C[C@@H](NC(=O)O)C1(C)C. The van der Waals surface area contributed by atoms with Crippen molar-refractivity contribution in [1.82, 2.24) is 5.32 Å². The first-order valence-electron chi connectivity index (χ1n) is 6.43. The first-order valence-corrected chi connectivity index (χ1v) is 7.53. The zero-order chi connectivity index (χ0) is 15.0. The van der Waals surface area contributed by atoms with Crippen molar-refractivity contribution in [2.45, 2.75) is 58.8 Å². The third kappa shape index (κ3) is 3.63. The summed E-state index contributed by atoms with van der Waals surface area (Å²) in [6.45, 7) is 11.6. The van der Waals surface area contributed by atoms with Crippen LogP contribution in [-0.2, 0) is 11.4 Å². The monoisotopic (exact) mass is 288 g/mol. The molecule has 0 saturated heterocycles. The number of hydrogen-bond donors (Lipinski definition) is 2. The van der Waals surface area contributed by atoms with Gasteiger partial charge in [-0.1, -0.05) is 18.2 Å². The topological polar surface area (TPSA) is 84.8 Å². The van der Waals surface area contributed by atoms with Crippen LogP contribution in [0.5, 0.6) is 0 Å². The van der Waals surface area contributed by atoms with Crippen LogP contribution in [0.1, 0.15) is 48.0 Å². The molecule has 2 N–H and O–H groups in total. The Kier molecular flexibility index (Phi) is 4.57. The molecule has 0 aromatic rings. The van der Waals surface area contributed by atoms with E-state index in [1.165, 1.54) is 0 Å². The predicted molar refractivity (Wildman–Crippen MR) is 77.8 cm³/mol. The zero-order valence-electron chi connectivity index (χ0n) is 12.5. The van der Waals surface area contributed by atoms with Crippen LogP contribution in [0.3, 0.4) is 0 Å². The molecular weight excluding hydrogens is 264 g/mol. The molecule has 110 valence electrons. The molecule has 5 nitrogen and oxygen atoms in total. The third-order valence-corrected chi connectivity index (χ3v) is 5.32. The predicted octanol–water partition coefficient (Wildman–Crippen LogP) is 2.59. The Hall–Kier alpha value is -0.750. The van der Waals surface area contributed by atoms with Crippen molar-refractivity contribution >= 4 is 23.2 Å². The second-order valence-electron chi connectivity index (χ2n) is 6.71. The number of carbonyl (C=O) groups is 1. The standard InChI is InChI=1S/C13H24N2O3S/c1-8(15-19(18)12(2,3)4)9-7-10(13(9,5)6)14-11(16)17/h9-10,14H,7H2,1-6H3,(H,16,17)/b15-8+/t9-,10-,19?/m1/s1. The van der Waals surface area contributed by atoms with Gasteiger partial charge in [-0.3, -0.25) is 0 Å². The Labute approximate surface area is 118 Å². The summed E-state index contributed by atoms with van der Waals surface area (Å²) in [5.41, 5.74) is 0.662. The minimum Gasteiger partial charge on any atom is -0.591 e. The molecule has 1 unspecified atom stereocenters. The summed E-state index contributed by atoms with van der Waals surface area (Å²) in [6, 6.07) is -0.0665. The number of carboxylic acid groups (broad SMARTS) is 1. The third-order valence-electron chi connectivity index (χ3n) is 3.82. The molecule has 1 amide bonds. The van der Waals surface area contributed by atoms with Gasteiger partial charge in [0, 0.05) is 12.0 Å². The average molecular weight is 288 g/mol.